The molecular weight excluding hydrogens is 1390 g/mol. The fourth-order valence-corrected chi connectivity index (χ4v) is 13.9. The van der Waals surface area contributed by atoms with Gasteiger partial charge in [0.15, 0.2) is 12.6 Å². The summed E-state index contributed by atoms with van der Waals surface area (Å²) in [6.07, 6.45) is -1.74. The van der Waals surface area contributed by atoms with Crippen LogP contribution in [0, 0.1) is 0 Å². The lowest BCUT2D eigenvalue weighted by Gasteiger charge is -2.51. The third kappa shape index (κ3) is 30.6. The number of hydrogen-bond acceptors (Lipinski definition) is 27. The number of amides is 3. The molecule has 0 bridgehead atoms. The highest BCUT2D eigenvalue weighted by Crippen LogP contribution is 2.41. The van der Waals surface area contributed by atoms with Gasteiger partial charge in [-0.05, 0) is 44.9 Å². The third-order valence-corrected chi connectivity index (χ3v) is 20.1. The molecule has 24 unspecified atom stereocenters. The van der Waals surface area contributed by atoms with E-state index in [1.807, 2.05) is 6.08 Å². The summed E-state index contributed by atoms with van der Waals surface area (Å²) in [5.41, 5.74) is 0. The highest BCUT2D eigenvalue weighted by atomic mass is 16.8. The number of carbonyl (C=O) groups is 5. The van der Waals surface area contributed by atoms with E-state index in [0.717, 1.165) is 84.5 Å². The number of unbranched alkanes of at least 4 members (excludes halogenated alkanes) is 26. The summed E-state index contributed by atoms with van der Waals surface area (Å²) in [6.45, 7) is 1.10. The molecule has 0 radical (unpaired) electrons. The molecule has 0 saturated carbocycles. The van der Waals surface area contributed by atoms with Crippen LogP contribution in [-0.4, -0.2) is 290 Å². The Morgan fingerprint density at radius 3 is 1.42 bits per heavy atom. The minimum atomic E-state index is -3.39. The van der Waals surface area contributed by atoms with Crippen LogP contribution in [0.15, 0.2) is 24.3 Å². The van der Waals surface area contributed by atoms with Crippen molar-refractivity contribution >= 4 is 29.7 Å². The zero-order valence-electron chi connectivity index (χ0n) is 62.6. The van der Waals surface area contributed by atoms with Crippen LogP contribution < -0.4 is 16.0 Å². The molecule has 24 atom stereocenters. The molecule has 3 amide bonds. The third-order valence-electron chi connectivity index (χ3n) is 20.1. The summed E-state index contributed by atoms with van der Waals surface area (Å²) < 4.78 is 46.5. The second kappa shape index (κ2) is 50.8. The molecule has 4 rings (SSSR count). The van der Waals surface area contributed by atoms with Gasteiger partial charge in [0, 0.05) is 33.1 Å². The van der Waals surface area contributed by atoms with E-state index < -0.39 is 216 Å². The summed E-state index contributed by atoms with van der Waals surface area (Å²) in [6, 6.07) is -4.73. The van der Waals surface area contributed by atoms with Crippen molar-refractivity contribution in [1.29, 1.82) is 0 Å². The van der Waals surface area contributed by atoms with E-state index in [9.17, 15) is 106 Å². The quantitative estimate of drug-likeness (QED) is 0.0304. The van der Waals surface area contributed by atoms with E-state index in [0.29, 0.717) is 12.8 Å². The van der Waals surface area contributed by atoms with Gasteiger partial charge in [0.25, 0.3) is 11.6 Å². The van der Waals surface area contributed by atoms with Crippen molar-refractivity contribution in [1.82, 2.24) is 16.0 Å². The Hall–Kier alpha value is -4.05. The van der Waals surface area contributed by atoms with Crippen molar-refractivity contribution in [2.75, 3.05) is 33.0 Å². The van der Waals surface area contributed by atoms with Crippen LogP contribution in [0.4, 0.5) is 0 Å². The SMILES string of the molecule is CCCCCCCCC=CCCCCCCCCCCCC(=O)NC(COC1OC(CO)C(OC2OC(CO)C(O)C(OC3(C(=O)O)CC(O)C(NC(C)=O)C(C(O)C(CO)OC4(C(=O)O)CC(O)C(NC(C)=O)C(C(O)C(O)CO)O4)O3)C2O)C(O)C1O)C(O)C=CCCCCCCCCCCCCC. The Morgan fingerprint density at radius 2 is 0.953 bits per heavy atom. The van der Waals surface area contributed by atoms with E-state index in [4.69, 9.17) is 37.9 Å². The summed E-state index contributed by atoms with van der Waals surface area (Å²) in [5, 5.41) is 185. The first-order chi connectivity index (χ1) is 50.7. The summed E-state index contributed by atoms with van der Waals surface area (Å²) in [5.74, 6) is -13.1. The Labute approximate surface area is 623 Å². The van der Waals surface area contributed by atoms with Gasteiger partial charge in [-0.15, -0.1) is 0 Å². The number of rotatable bonds is 55. The minimum Gasteiger partial charge on any atom is -0.477 e. The van der Waals surface area contributed by atoms with Crippen molar-refractivity contribution in [3.05, 3.63) is 24.3 Å². The van der Waals surface area contributed by atoms with Crippen molar-refractivity contribution in [2.45, 2.75) is 379 Å². The maximum atomic E-state index is 13.6. The Balaban J connectivity index is 1.47. The zero-order chi connectivity index (χ0) is 78.4. The van der Waals surface area contributed by atoms with Gasteiger partial charge in [-0.3, -0.25) is 14.4 Å². The number of aliphatic hydroxyl groups excluding tert-OH is 14. The normalized spacial score (nSPS) is 31.1. The molecule has 0 aromatic heterocycles. The van der Waals surface area contributed by atoms with Crippen LogP contribution in [0.25, 0.3) is 0 Å². The van der Waals surface area contributed by atoms with Gasteiger partial charge in [-0.1, -0.05) is 179 Å². The first kappa shape index (κ1) is 94.3. The molecule has 4 saturated heterocycles. The second-order valence-electron chi connectivity index (χ2n) is 28.9. The van der Waals surface area contributed by atoms with Crippen LogP contribution in [-0.2, 0) is 61.9 Å². The summed E-state index contributed by atoms with van der Waals surface area (Å²) in [7, 11) is 0. The Morgan fingerprint density at radius 1 is 0.509 bits per heavy atom. The lowest BCUT2D eigenvalue weighted by Crippen LogP contribution is -2.72. The van der Waals surface area contributed by atoms with Crippen LogP contribution in [0.3, 0.4) is 0 Å². The number of aliphatic hydroxyl groups is 14. The Bertz CT molecular complexity index is 2530. The molecule has 106 heavy (non-hydrogen) atoms. The molecule has 616 valence electrons. The van der Waals surface area contributed by atoms with Gasteiger partial charge in [0.05, 0.1) is 69.5 Å². The van der Waals surface area contributed by atoms with Crippen molar-refractivity contribution in [3.8, 4) is 0 Å². The van der Waals surface area contributed by atoms with E-state index in [1.54, 1.807) is 6.08 Å². The smallest absolute Gasteiger partial charge is 0.364 e. The zero-order valence-corrected chi connectivity index (χ0v) is 62.6. The molecule has 32 heteroatoms. The van der Waals surface area contributed by atoms with Crippen LogP contribution >= 0.6 is 0 Å². The number of carboxylic acid groups (broad SMARTS) is 2. The first-order valence-electron chi connectivity index (χ1n) is 38.9. The van der Waals surface area contributed by atoms with E-state index in [2.05, 4.69) is 41.9 Å². The van der Waals surface area contributed by atoms with Crippen LogP contribution in [0.2, 0.25) is 0 Å². The molecule has 4 fully saturated rings. The number of carboxylic acids is 2. The van der Waals surface area contributed by atoms with E-state index in [-0.39, 0.29) is 12.3 Å². The number of ether oxygens (including phenoxy) is 8. The molecule has 4 aliphatic rings. The van der Waals surface area contributed by atoms with Gasteiger partial charge >= 0.3 is 11.9 Å². The number of aliphatic carboxylic acids is 2. The minimum absolute atomic E-state index is 0.149. The average Bonchev–Trinajstić information content (AvgIpc) is 0.758. The summed E-state index contributed by atoms with van der Waals surface area (Å²) >= 11 is 0. The molecule has 4 aliphatic heterocycles. The topological polar surface area (TPSA) is 519 Å². The molecule has 0 spiro atoms. The number of carbonyl (C=O) groups excluding carboxylic acids is 3. The fourth-order valence-electron chi connectivity index (χ4n) is 13.9. The monoisotopic (exact) mass is 1530 g/mol. The second-order valence-corrected chi connectivity index (χ2v) is 28.9. The average molecular weight is 1530 g/mol. The maximum Gasteiger partial charge on any atom is 0.364 e. The number of nitrogens with one attached hydrogen (secondary N) is 3. The predicted molar refractivity (Wildman–Crippen MR) is 381 cm³/mol. The highest BCUT2D eigenvalue weighted by Gasteiger charge is 2.62. The van der Waals surface area contributed by atoms with E-state index >= 15 is 0 Å². The predicted octanol–water partition coefficient (Wildman–Crippen LogP) is 1.68. The molecule has 19 N–H and O–H groups in total. The molecule has 4 heterocycles. The summed E-state index contributed by atoms with van der Waals surface area (Å²) in [4.78, 5) is 65.0. The van der Waals surface area contributed by atoms with Crippen molar-refractivity contribution in [2.24, 2.45) is 0 Å². The fraction of sp³-hybridized carbons (Fsp3) is 0.878. The lowest BCUT2D eigenvalue weighted by molar-refractivity contribution is -0.388. The van der Waals surface area contributed by atoms with Gasteiger partial charge in [-0.25, -0.2) is 9.59 Å². The van der Waals surface area contributed by atoms with Crippen molar-refractivity contribution in [3.63, 3.8) is 0 Å². The molecule has 32 nitrogen and oxygen atoms in total. The van der Waals surface area contributed by atoms with E-state index in [1.165, 1.54) is 103 Å². The molecule has 0 aromatic rings. The molecule has 0 aliphatic carbocycles. The Kier molecular flexibility index (Phi) is 45.2. The van der Waals surface area contributed by atoms with Crippen LogP contribution in [0.1, 0.15) is 233 Å². The lowest BCUT2D eigenvalue weighted by atomic mass is 9.87. The van der Waals surface area contributed by atoms with Gasteiger partial charge in [-0.2, -0.15) is 0 Å². The number of hydrogen-bond donors (Lipinski definition) is 19. The first-order valence-corrected chi connectivity index (χ1v) is 38.9. The van der Waals surface area contributed by atoms with Gasteiger partial charge in [0.1, 0.15) is 85.5 Å². The number of allylic oxidation sites excluding steroid dienone is 3. The van der Waals surface area contributed by atoms with Gasteiger partial charge < -0.3 is 136 Å². The van der Waals surface area contributed by atoms with Crippen molar-refractivity contribution < 1.29 is 144 Å². The highest BCUT2D eigenvalue weighted by molar-refractivity contribution is 5.78. The molecular formula is C74H131N3O29. The largest absolute Gasteiger partial charge is 0.477 e. The van der Waals surface area contributed by atoms with Crippen LogP contribution in [0.5, 0.6) is 0 Å². The molecule has 0 aromatic carbocycles. The van der Waals surface area contributed by atoms with Gasteiger partial charge in [0.2, 0.25) is 17.7 Å². The standard InChI is InChI=1S/C74H131N3O29/c1-5-7-9-11-13-15-17-19-20-21-22-23-24-26-28-30-32-34-36-38-56(88)77-48(49(84)37-35-33-31-29-27-25-18-16-14-12-10-8-6-2)45-99-69-63(93)62(92)65(55(44-81)101-69)102-70-64(94)68(60(90)53(42-79)100-70)106-74(72(97)98)40-51(86)58(76-47(4)83)67(105-74)61(91)54(43-80)103-73(71(95)96)39-50(85)57(75-46(3)82)66(104-73)59(89)52(87)41-78/h19-20,35,37,48-55,57-70,78-81,84-87,89-94H,5-18,21-34,36,38-45H2,1-4H3,(H,75,82)(H,76,83)(H,77,88)(H,95,96)(H,97,98). The maximum absolute atomic E-state index is 13.6.